The van der Waals surface area contributed by atoms with E-state index < -0.39 is 0 Å². The lowest BCUT2D eigenvalue weighted by Crippen LogP contribution is -2.41. The van der Waals surface area contributed by atoms with Gasteiger partial charge in [0.05, 0.1) is 5.02 Å². The number of benzene rings is 2. The van der Waals surface area contributed by atoms with Crippen LogP contribution in [0.15, 0.2) is 48.5 Å². The molecule has 2 aromatic carbocycles. The summed E-state index contributed by atoms with van der Waals surface area (Å²) < 4.78 is 0. The smallest absolute Gasteiger partial charge is 0.134 e. The molecule has 23 heavy (non-hydrogen) atoms. The third kappa shape index (κ3) is 4.71. The molecular weight excluding hydrogens is 308 g/mol. The average molecular weight is 331 g/mol. The Balaban J connectivity index is 1.43. The van der Waals surface area contributed by atoms with Crippen LogP contribution in [0.3, 0.4) is 0 Å². The molecule has 0 spiro atoms. The highest BCUT2D eigenvalue weighted by atomic mass is 35.5. The highest BCUT2D eigenvalue weighted by Gasteiger charge is 2.18. The van der Waals surface area contributed by atoms with Crippen LogP contribution in [0.4, 0.5) is 0 Å². The van der Waals surface area contributed by atoms with Crippen molar-refractivity contribution in [3.05, 3.63) is 64.7 Å². The van der Waals surface area contributed by atoms with E-state index in [4.69, 9.17) is 11.6 Å². The highest BCUT2D eigenvalue weighted by molar-refractivity contribution is 6.32. The molecule has 2 aromatic rings. The number of hydrogen-bond donors (Lipinski definition) is 2. The van der Waals surface area contributed by atoms with Crippen LogP contribution in [0.1, 0.15) is 24.0 Å². The number of piperidine rings is 1. The van der Waals surface area contributed by atoms with Gasteiger partial charge in [0.15, 0.2) is 0 Å². The van der Waals surface area contributed by atoms with Gasteiger partial charge in [-0.25, -0.2) is 0 Å². The topological polar surface area (TPSA) is 35.5 Å². The average Bonchev–Trinajstić information content (AvgIpc) is 2.58. The fourth-order valence-electron chi connectivity index (χ4n) is 3.06. The van der Waals surface area contributed by atoms with Crippen LogP contribution in [0, 0.1) is 0 Å². The van der Waals surface area contributed by atoms with E-state index in [0.717, 1.165) is 31.7 Å². The number of nitrogens with one attached hydrogen (secondary N) is 1. The fourth-order valence-corrected chi connectivity index (χ4v) is 3.26. The number of nitrogens with zero attached hydrogens (tertiary/aromatic N) is 1. The van der Waals surface area contributed by atoms with Gasteiger partial charge < -0.3 is 10.4 Å². The molecule has 1 heterocycles. The zero-order chi connectivity index (χ0) is 16.1. The zero-order valence-corrected chi connectivity index (χ0v) is 14.0. The summed E-state index contributed by atoms with van der Waals surface area (Å²) in [5.74, 6) is 0.143. The van der Waals surface area contributed by atoms with Crippen LogP contribution in [-0.4, -0.2) is 29.1 Å². The van der Waals surface area contributed by atoms with Gasteiger partial charge in [0.2, 0.25) is 0 Å². The minimum Gasteiger partial charge on any atom is -0.506 e. The van der Waals surface area contributed by atoms with E-state index in [1.54, 1.807) is 6.07 Å². The summed E-state index contributed by atoms with van der Waals surface area (Å²) in [4.78, 5) is 2.52. The van der Waals surface area contributed by atoms with Gasteiger partial charge in [0.25, 0.3) is 0 Å². The first-order valence-electron chi connectivity index (χ1n) is 8.18. The fraction of sp³-hybridized carbons (Fsp3) is 0.368. The van der Waals surface area contributed by atoms with Crippen molar-refractivity contribution >= 4 is 11.6 Å². The standard InChI is InChI=1S/C19H23ClN2O/c20-18-12-16(6-7-19(18)23)13-21-17-8-10-22(11-9-17)14-15-4-2-1-3-5-15/h1-7,12,17,21,23H,8-11,13-14H2. The molecule has 0 saturated carbocycles. The van der Waals surface area contributed by atoms with E-state index in [9.17, 15) is 5.11 Å². The molecule has 1 aliphatic rings. The Morgan fingerprint density at radius 1 is 1.04 bits per heavy atom. The van der Waals surface area contributed by atoms with E-state index in [2.05, 4.69) is 40.5 Å². The maximum Gasteiger partial charge on any atom is 0.134 e. The Kier molecular flexibility index (Phi) is 5.55. The van der Waals surface area contributed by atoms with Crippen molar-refractivity contribution in [3.63, 3.8) is 0 Å². The Hall–Kier alpha value is -1.55. The molecule has 3 rings (SSSR count). The molecule has 0 atom stereocenters. The molecule has 3 nitrogen and oxygen atoms in total. The lowest BCUT2D eigenvalue weighted by Gasteiger charge is -2.32. The maximum absolute atomic E-state index is 9.45. The Morgan fingerprint density at radius 2 is 1.78 bits per heavy atom. The largest absolute Gasteiger partial charge is 0.506 e. The minimum absolute atomic E-state index is 0.143. The van der Waals surface area contributed by atoms with Gasteiger partial charge >= 0.3 is 0 Å². The first-order valence-corrected chi connectivity index (χ1v) is 8.55. The quantitative estimate of drug-likeness (QED) is 0.875. The second-order valence-corrected chi connectivity index (χ2v) is 6.61. The summed E-state index contributed by atoms with van der Waals surface area (Å²) in [6, 6.07) is 16.6. The molecule has 4 heteroatoms. The summed E-state index contributed by atoms with van der Waals surface area (Å²) >= 11 is 5.95. The van der Waals surface area contributed by atoms with Crippen LogP contribution in [-0.2, 0) is 13.1 Å². The van der Waals surface area contributed by atoms with Crippen molar-refractivity contribution in [2.24, 2.45) is 0 Å². The predicted octanol–water partition coefficient (Wildman–Crippen LogP) is 3.80. The molecule has 1 saturated heterocycles. The Bertz CT molecular complexity index is 625. The van der Waals surface area contributed by atoms with Gasteiger partial charge in [-0.3, -0.25) is 4.90 Å². The number of phenolic OH excluding ortho intramolecular Hbond substituents is 1. The number of rotatable bonds is 5. The number of hydrogen-bond acceptors (Lipinski definition) is 3. The SMILES string of the molecule is Oc1ccc(CNC2CCN(Cc3ccccc3)CC2)cc1Cl. The molecule has 1 aliphatic heterocycles. The summed E-state index contributed by atoms with van der Waals surface area (Å²) in [7, 11) is 0. The van der Waals surface area contributed by atoms with Gasteiger partial charge in [-0.1, -0.05) is 48.0 Å². The van der Waals surface area contributed by atoms with Gasteiger partial charge in [-0.2, -0.15) is 0 Å². The molecule has 0 unspecified atom stereocenters. The third-order valence-corrected chi connectivity index (χ3v) is 4.75. The predicted molar refractivity (Wildman–Crippen MR) is 94.7 cm³/mol. The van der Waals surface area contributed by atoms with E-state index >= 15 is 0 Å². The monoisotopic (exact) mass is 330 g/mol. The Morgan fingerprint density at radius 3 is 2.48 bits per heavy atom. The normalized spacial score (nSPS) is 16.6. The van der Waals surface area contributed by atoms with E-state index in [1.165, 1.54) is 18.4 Å². The van der Waals surface area contributed by atoms with Crippen molar-refractivity contribution in [2.45, 2.75) is 32.0 Å². The van der Waals surface area contributed by atoms with Crippen molar-refractivity contribution < 1.29 is 5.11 Å². The summed E-state index contributed by atoms with van der Waals surface area (Å²) in [6.45, 7) is 4.09. The molecule has 0 aromatic heterocycles. The van der Waals surface area contributed by atoms with E-state index in [-0.39, 0.29) is 5.75 Å². The van der Waals surface area contributed by atoms with Gasteiger partial charge in [-0.05, 0) is 49.2 Å². The number of halogens is 1. The van der Waals surface area contributed by atoms with Crippen LogP contribution < -0.4 is 5.32 Å². The third-order valence-electron chi connectivity index (χ3n) is 4.44. The molecule has 0 aliphatic carbocycles. The van der Waals surface area contributed by atoms with Crippen LogP contribution in [0.5, 0.6) is 5.75 Å². The Labute approximate surface area is 142 Å². The highest BCUT2D eigenvalue weighted by Crippen LogP contribution is 2.23. The second kappa shape index (κ2) is 7.82. The molecular formula is C19H23ClN2O. The van der Waals surface area contributed by atoms with Gasteiger partial charge in [-0.15, -0.1) is 0 Å². The van der Waals surface area contributed by atoms with Crippen molar-refractivity contribution in [2.75, 3.05) is 13.1 Å². The lowest BCUT2D eigenvalue weighted by molar-refractivity contribution is 0.190. The van der Waals surface area contributed by atoms with Crippen LogP contribution in [0.2, 0.25) is 5.02 Å². The van der Waals surface area contributed by atoms with E-state index in [1.807, 2.05) is 12.1 Å². The minimum atomic E-state index is 0.143. The molecule has 2 N–H and O–H groups in total. The molecule has 0 radical (unpaired) electrons. The van der Waals surface area contributed by atoms with E-state index in [0.29, 0.717) is 11.1 Å². The number of likely N-dealkylation sites (tertiary alicyclic amines) is 1. The molecule has 1 fully saturated rings. The zero-order valence-electron chi connectivity index (χ0n) is 13.2. The molecule has 0 bridgehead atoms. The number of aromatic hydroxyl groups is 1. The summed E-state index contributed by atoms with van der Waals surface area (Å²) in [6.07, 6.45) is 2.33. The van der Waals surface area contributed by atoms with Crippen molar-refractivity contribution in [3.8, 4) is 5.75 Å². The van der Waals surface area contributed by atoms with Crippen LogP contribution >= 0.6 is 11.6 Å². The first kappa shape index (κ1) is 16.3. The summed E-state index contributed by atoms with van der Waals surface area (Å²) in [5, 5.41) is 13.5. The van der Waals surface area contributed by atoms with Gasteiger partial charge in [0.1, 0.15) is 5.75 Å². The molecule has 0 amide bonds. The second-order valence-electron chi connectivity index (χ2n) is 6.20. The van der Waals surface area contributed by atoms with Crippen molar-refractivity contribution in [1.29, 1.82) is 0 Å². The lowest BCUT2D eigenvalue weighted by atomic mass is 10.0. The number of phenols is 1. The first-order chi connectivity index (χ1) is 11.2. The summed E-state index contributed by atoms with van der Waals surface area (Å²) in [5.41, 5.74) is 2.50. The van der Waals surface area contributed by atoms with Crippen molar-refractivity contribution in [1.82, 2.24) is 10.2 Å². The molecule has 122 valence electrons. The van der Waals surface area contributed by atoms with Crippen LogP contribution in [0.25, 0.3) is 0 Å². The maximum atomic E-state index is 9.45. The van der Waals surface area contributed by atoms with Gasteiger partial charge in [0, 0.05) is 19.1 Å².